The molecule has 0 fully saturated rings. The molecule has 1 aromatic heterocycles. The molecular weight excluding hydrogens is 468 g/mol. The van der Waals surface area contributed by atoms with E-state index in [2.05, 4.69) is 20.3 Å². The maximum atomic E-state index is 12.4. The molecule has 0 spiro atoms. The molecule has 1 heterocycles. The predicted octanol–water partition coefficient (Wildman–Crippen LogP) is 4.72. The number of alkyl halides is 2. The lowest BCUT2D eigenvalue weighted by Crippen LogP contribution is -2.11. The fourth-order valence-electron chi connectivity index (χ4n) is 2.74. The lowest BCUT2D eigenvalue weighted by Gasteiger charge is -2.10. The zero-order chi connectivity index (χ0) is 24.5. The molecule has 3 aromatic rings. The average molecular weight is 490 g/mol. The number of benzene rings is 2. The lowest BCUT2D eigenvalue weighted by atomic mass is 10.1. The van der Waals surface area contributed by atoms with Gasteiger partial charge in [-0.25, -0.2) is 4.79 Å². The van der Waals surface area contributed by atoms with Crippen molar-refractivity contribution in [2.24, 2.45) is 0 Å². The Bertz CT molecular complexity index is 1170. The third-order valence-corrected chi connectivity index (χ3v) is 5.33. The molecule has 0 bridgehead atoms. The van der Waals surface area contributed by atoms with Crippen molar-refractivity contribution >= 4 is 35.0 Å². The summed E-state index contributed by atoms with van der Waals surface area (Å²) in [6.45, 7) is -1.10. The molecule has 178 valence electrons. The molecule has 0 aliphatic rings. The minimum absolute atomic E-state index is 0.0943. The van der Waals surface area contributed by atoms with E-state index >= 15 is 0 Å². The van der Waals surface area contributed by atoms with E-state index in [0.29, 0.717) is 16.3 Å². The van der Waals surface area contributed by atoms with Gasteiger partial charge in [-0.3, -0.25) is 4.79 Å². The summed E-state index contributed by atoms with van der Waals surface area (Å²) in [5.74, 6) is -1.10. The molecule has 0 saturated carbocycles. The molecule has 11 heteroatoms. The number of amides is 1. The van der Waals surface area contributed by atoms with Gasteiger partial charge in [0.2, 0.25) is 5.01 Å². The van der Waals surface area contributed by atoms with Gasteiger partial charge in [-0.05, 0) is 47.9 Å². The number of rotatable bonds is 10. The second-order valence-electron chi connectivity index (χ2n) is 6.74. The highest BCUT2D eigenvalue weighted by Gasteiger charge is 2.14. The quantitative estimate of drug-likeness (QED) is 0.325. The van der Waals surface area contributed by atoms with E-state index in [0.717, 1.165) is 29.4 Å². The summed E-state index contributed by atoms with van der Waals surface area (Å²) in [4.78, 5) is 24.3. The standard InChI is InChI=1S/C23H21F2N3O5S/c1-3-14-4-8-16(9-5-14)26-21(30)22-28-27-19(34-22)13-32-20(29)11-7-15-6-10-17(33-23(24)25)18(12-15)31-2/h4-12,23H,3,13H2,1-2H3,(H,26,30). The van der Waals surface area contributed by atoms with Crippen LogP contribution in [0.5, 0.6) is 11.5 Å². The van der Waals surface area contributed by atoms with Gasteiger partial charge in [0.05, 0.1) is 7.11 Å². The van der Waals surface area contributed by atoms with E-state index in [1.807, 2.05) is 31.2 Å². The van der Waals surface area contributed by atoms with Gasteiger partial charge in [-0.1, -0.05) is 36.5 Å². The average Bonchev–Trinajstić information content (AvgIpc) is 3.31. The largest absolute Gasteiger partial charge is 0.493 e. The number of carbonyl (C=O) groups excluding carboxylic acids is 2. The summed E-state index contributed by atoms with van der Waals surface area (Å²) in [6.07, 6.45) is 3.50. The molecule has 3 rings (SSSR count). The monoisotopic (exact) mass is 489 g/mol. The smallest absolute Gasteiger partial charge is 0.387 e. The maximum Gasteiger partial charge on any atom is 0.387 e. The van der Waals surface area contributed by atoms with Crippen LogP contribution in [0.15, 0.2) is 48.5 Å². The number of hydrogen-bond donors (Lipinski definition) is 1. The first-order valence-corrected chi connectivity index (χ1v) is 10.9. The first-order chi connectivity index (χ1) is 16.4. The number of methoxy groups -OCH3 is 1. The van der Waals surface area contributed by atoms with E-state index in [1.165, 1.54) is 31.4 Å². The van der Waals surface area contributed by atoms with Crippen LogP contribution in [0, 0.1) is 0 Å². The van der Waals surface area contributed by atoms with Crippen molar-refractivity contribution in [3.8, 4) is 11.5 Å². The third-order valence-electron chi connectivity index (χ3n) is 4.43. The van der Waals surface area contributed by atoms with Crippen LogP contribution in [-0.2, 0) is 22.6 Å². The number of aromatic nitrogens is 2. The molecule has 2 aromatic carbocycles. The van der Waals surface area contributed by atoms with Crippen LogP contribution in [-0.4, -0.2) is 35.8 Å². The van der Waals surface area contributed by atoms with Gasteiger partial charge in [-0.15, -0.1) is 10.2 Å². The van der Waals surface area contributed by atoms with E-state index in [1.54, 1.807) is 0 Å². The predicted molar refractivity (Wildman–Crippen MR) is 122 cm³/mol. The van der Waals surface area contributed by atoms with Crippen molar-refractivity contribution in [3.63, 3.8) is 0 Å². The molecule has 0 saturated heterocycles. The number of nitrogens with zero attached hydrogens (tertiary/aromatic N) is 2. The SMILES string of the molecule is CCc1ccc(NC(=O)c2nnc(COC(=O)C=Cc3ccc(OC(F)F)c(OC)c3)s2)cc1. The van der Waals surface area contributed by atoms with Crippen LogP contribution in [0.3, 0.4) is 0 Å². The number of ether oxygens (including phenoxy) is 3. The van der Waals surface area contributed by atoms with E-state index < -0.39 is 18.5 Å². The van der Waals surface area contributed by atoms with E-state index in [4.69, 9.17) is 9.47 Å². The summed E-state index contributed by atoms with van der Waals surface area (Å²) in [7, 11) is 1.31. The van der Waals surface area contributed by atoms with Gasteiger partial charge in [0, 0.05) is 11.8 Å². The number of carbonyl (C=O) groups is 2. The number of esters is 1. The van der Waals surface area contributed by atoms with Crippen LogP contribution in [0.2, 0.25) is 0 Å². The topological polar surface area (TPSA) is 99.6 Å². The van der Waals surface area contributed by atoms with Crippen molar-refractivity contribution in [2.45, 2.75) is 26.6 Å². The Morgan fingerprint density at radius 2 is 1.88 bits per heavy atom. The summed E-state index contributed by atoms with van der Waals surface area (Å²) in [5.41, 5.74) is 2.31. The zero-order valence-electron chi connectivity index (χ0n) is 18.3. The normalized spacial score (nSPS) is 11.0. The Kier molecular flexibility index (Phi) is 8.63. The second kappa shape index (κ2) is 11.8. The lowest BCUT2D eigenvalue weighted by molar-refractivity contribution is -0.138. The van der Waals surface area contributed by atoms with Crippen LogP contribution in [0.4, 0.5) is 14.5 Å². The van der Waals surface area contributed by atoms with Gasteiger partial charge in [0.15, 0.2) is 16.5 Å². The highest BCUT2D eigenvalue weighted by atomic mass is 32.1. The van der Waals surface area contributed by atoms with Crippen molar-refractivity contribution < 1.29 is 32.6 Å². The van der Waals surface area contributed by atoms with Crippen LogP contribution >= 0.6 is 11.3 Å². The molecule has 0 unspecified atom stereocenters. The molecule has 1 N–H and O–H groups in total. The van der Waals surface area contributed by atoms with Gasteiger partial charge < -0.3 is 19.5 Å². The Balaban J connectivity index is 1.52. The Morgan fingerprint density at radius 3 is 2.56 bits per heavy atom. The Hall–Kier alpha value is -3.86. The number of halogens is 2. The maximum absolute atomic E-state index is 12.4. The summed E-state index contributed by atoms with van der Waals surface area (Å²) < 4.78 is 39.3. The third kappa shape index (κ3) is 7.07. The molecule has 34 heavy (non-hydrogen) atoms. The highest BCUT2D eigenvalue weighted by Crippen LogP contribution is 2.29. The summed E-state index contributed by atoms with van der Waals surface area (Å²) in [5, 5.41) is 10.9. The minimum atomic E-state index is -2.98. The molecular formula is C23H21F2N3O5S. The fraction of sp³-hybridized carbons (Fsp3) is 0.217. The first-order valence-electron chi connectivity index (χ1n) is 10.1. The molecule has 0 radical (unpaired) electrons. The van der Waals surface area contributed by atoms with Gasteiger partial charge in [-0.2, -0.15) is 8.78 Å². The molecule has 8 nitrogen and oxygen atoms in total. The fourth-order valence-corrected chi connectivity index (χ4v) is 3.39. The number of hydrogen-bond acceptors (Lipinski definition) is 8. The number of aryl methyl sites for hydroxylation is 1. The Labute approximate surface area is 198 Å². The van der Waals surface area contributed by atoms with E-state index in [-0.39, 0.29) is 23.1 Å². The minimum Gasteiger partial charge on any atom is -0.493 e. The number of anilines is 1. The van der Waals surface area contributed by atoms with Crippen molar-refractivity contribution in [1.29, 1.82) is 0 Å². The molecule has 1 amide bonds. The van der Waals surface area contributed by atoms with Gasteiger partial charge >= 0.3 is 12.6 Å². The van der Waals surface area contributed by atoms with Crippen molar-refractivity contribution in [3.05, 3.63) is 69.7 Å². The molecule has 0 aliphatic carbocycles. The highest BCUT2D eigenvalue weighted by molar-refractivity contribution is 7.13. The van der Waals surface area contributed by atoms with E-state index in [9.17, 15) is 18.4 Å². The van der Waals surface area contributed by atoms with Crippen LogP contribution < -0.4 is 14.8 Å². The number of nitrogens with one attached hydrogen (secondary N) is 1. The van der Waals surface area contributed by atoms with Gasteiger partial charge in [0.1, 0.15) is 6.61 Å². The van der Waals surface area contributed by atoms with Crippen molar-refractivity contribution in [1.82, 2.24) is 10.2 Å². The molecule has 0 aliphatic heterocycles. The zero-order valence-corrected chi connectivity index (χ0v) is 19.1. The van der Waals surface area contributed by atoms with Crippen molar-refractivity contribution in [2.75, 3.05) is 12.4 Å². The summed E-state index contributed by atoms with van der Waals surface area (Å²) in [6, 6.07) is 11.7. The van der Waals surface area contributed by atoms with Crippen LogP contribution in [0.1, 0.15) is 32.9 Å². The van der Waals surface area contributed by atoms with Gasteiger partial charge in [0.25, 0.3) is 5.91 Å². The molecule has 0 atom stereocenters. The summed E-state index contributed by atoms with van der Waals surface area (Å²) >= 11 is 1.01. The first kappa shape index (κ1) is 24.8. The second-order valence-corrected chi connectivity index (χ2v) is 7.80. The Morgan fingerprint density at radius 1 is 1.12 bits per heavy atom. The van der Waals surface area contributed by atoms with Crippen LogP contribution in [0.25, 0.3) is 6.08 Å².